The molecule has 0 N–H and O–H groups in total. The minimum Gasteiger partial charge on any atom is -0.334 e. The fourth-order valence-electron chi connectivity index (χ4n) is 7.19. The average molecular weight is 449 g/mol. The topological polar surface area (TPSA) is 58.4 Å². The molecule has 6 nitrogen and oxygen atoms in total. The molecule has 5 rings (SSSR count). The smallest absolute Gasteiger partial charge is 0.243 e. The average Bonchev–Trinajstić information content (AvgIpc) is 3.30. The highest BCUT2D eigenvalue weighted by Gasteiger charge is 2.63. The maximum absolute atomic E-state index is 13.9. The number of piperidine rings is 1. The Bertz CT molecular complexity index is 1020. The lowest BCUT2D eigenvalue weighted by molar-refractivity contribution is -0.143. The molecule has 33 heavy (non-hydrogen) atoms. The van der Waals surface area contributed by atoms with Gasteiger partial charge in [-0.05, 0) is 31.2 Å². The van der Waals surface area contributed by atoms with Crippen molar-refractivity contribution in [2.45, 2.75) is 96.4 Å². The van der Waals surface area contributed by atoms with Crippen LogP contribution >= 0.6 is 0 Å². The number of aromatic nitrogens is 2. The Morgan fingerprint density at radius 1 is 1.09 bits per heavy atom. The first-order chi connectivity index (χ1) is 15.9. The van der Waals surface area contributed by atoms with Crippen LogP contribution in [0.2, 0.25) is 0 Å². The molecule has 0 unspecified atom stereocenters. The predicted octanol–water partition coefficient (Wildman–Crippen LogP) is 3.84. The van der Waals surface area contributed by atoms with Gasteiger partial charge in [0.15, 0.2) is 0 Å². The van der Waals surface area contributed by atoms with Gasteiger partial charge in [-0.3, -0.25) is 9.59 Å². The van der Waals surface area contributed by atoms with E-state index in [1.807, 2.05) is 16.8 Å². The van der Waals surface area contributed by atoms with Crippen molar-refractivity contribution in [3.05, 3.63) is 54.1 Å². The van der Waals surface area contributed by atoms with Crippen molar-refractivity contribution in [2.24, 2.45) is 5.41 Å². The van der Waals surface area contributed by atoms with Gasteiger partial charge >= 0.3 is 0 Å². The molecule has 176 valence electrons. The molecule has 5 atom stereocenters. The number of carbonyl (C=O) groups excluding carboxylic acids is 2. The van der Waals surface area contributed by atoms with Gasteiger partial charge < -0.3 is 14.4 Å². The van der Waals surface area contributed by atoms with Crippen molar-refractivity contribution < 1.29 is 9.59 Å². The van der Waals surface area contributed by atoms with Crippen LogP contribution in [-0.2, 0) is 29.0 Å². The van der Waals surface area contributed by atoms with Gasteiger partial charge in [-0.1, -0.05) is 57.0 Å². The Morgan fingerprint density at radius 2 is 1.79 bits per heavy atom. The number of carbonyl (C=O) groups is 2. The van der Waals surface area contributed by atoms with Crippen molar-refractivity contribution in [3.63, 3.8) is 0 Å². The van der Waals surface area contributed by atoms with E-state index in [-0.39, 0.29) is 41.4 Å². The third-order valence-electron chi connectivity index (χ3n) is 8.57. The van der Waals surface area contributed by atoms with Crippen molar-refractivity contribution in [1.82, 2.24) is 19.4 Å². The Kier molecular flexibility index (Phi) is 5.79. The number of fused-ring (bicyclic) bond motifs is 1. The highest BCUT2D eigenvalue weighted by molar-refractivity contribution is 5.79. The maximum Gasteiger partial charge on any atom is 0.243 e. The molecule has 3 fully saturated rings. The first-order valence-corrected chi connectivity index (χ1v) is 12.6. The molecule has 1 saturated carbocycles. The molecule has 3 aliphatic rings. The van der Waals surface area contributed by atoms with Crippen molar-refractivity contribution >= 4 is 11.8 Å². The largest absolute Gasteiger partial charge is 0.334 e. The number of nitrogens with zero attached hydrogens (tertiary/aromatic N) is 4. The summed E-state index contributed by atoms with van der Waals surface area (Å²) in [5.74, 6) is 1.27. The van der Waals surface area contributed by atoms with E-state index < -0.39 is 0 Å². The molecule has 1 aromatic heterocycles. The molecule has 3 heterocycles. The maximum atomic E-state index is 13.9. The second kappa shape index (κ2) is 8.62. The summed E-state index contributed by atoms with van der Waals surface area (Å²) in [4.78, 5) is 35.8. The summed E-state index contributed by atoms with van der Waals surface area (Å²) in [7, 11) is 0. The lowest BCUT2D eigenvalue weighted by Gasteiger charge is -2.50. The highest BCUT2D eigenvalue weighted by Crippen LogP contribution is 2.55. The molecular weight excluding hydrogens is 412 g/mol. The van der Waals surface area contributed by atoms with E-state index in [2.05, 4.69) is 52.9 Å². The molecule has 2 bridgehead atoms. The van der Waals surface area contributed by atoms with Crippen LogP contribution < -0.4 is 0 Å². The van der Waals surface area contributed by atoms with Crippen LogP contribution in [0.3, 0.4) is 0 Å². The number of imidazole rings is 1. The predicted molar refractivity (Wildman–Crippen MR) is 127 cm³/mol. The number of amides is 2. The Hall–Kier alpha value is -2.63. The third kappa shape index (κ3) is 3.68. The molecule has 2 saturated heterocycles. The molecule has 2 aliphatic heterocycles. The summed E-state index contributed by atoms with van der Waals surface area (Å²) >= 11 is 0. The third-order valence-corrected chi connectivity index (χ3v) is 8.57. The fraction of sp³-hybridized carbons (Fsp3) is 0.593. The van der Waals surface area contributed by atoms with Crippen molar-refractivity contribution in [2.75, 3.05) is 0 Å². The lowest BCUT2D eigenvalue weighted by atomic mass is 9.69. The molecule has 6 heteroatoms. The quantitative estimate of drug-likeness (QED) is 0.698. The summed E-state index contributed by atoms with van der Waals surface area (Å²) in [5.41, 5.74) is 1.19. The zero-order valence-electron chi connectivity index (χ0n) is 20.1. The summed E-state index contributed by atoms with van der Waals surface area (Å²) in [5, 5.41) is 0. The lowest BCUT2D eigenvalue weighted by Crippen LogP contribution is -2.61. The minimum atomic E-state index is -0.0434. The second-order valence-electron chi connectivity index (χ2n) is 10.4. The number of rotatable bonds is 5. The summed E-state index contributed by atoms with van der Waals surface area (Å²) < 4.78 is 2.00. The number of likely N-dealkylation sites (tertiary alicyclic amines) is 2. The van der Waals surface area contributed by atoms with Gasteiger partial charge in [0.25, 0.3) is 0 Å². The van der Waals surface area contributed by atoms with Gasteiger partial charge in [0.2, 0.25) is 11.8 Å². The van der Waals surface area contributed by atoms with Gasteiger partial charge in [-0.25, -0.2) is 4.98 Å². The van der Waals surface area contributed by atoms with E-state index in [1.54, 1.807) is 13.1 Å². The standard InChI is InChI=1S/C27H36N4O2/c1-4-25-28-14-15-29(25)18-26(33)31-22-17-27(3)23(12-8-9-13-24(27)31)30(19(2)32)21(22)16-20-10-6-5-7-11-20/h5-7,10-11,14-15,21-24H,4,8-9,12-13,16-18H2,1-3H3/t21-,22-,23+,24-,27+/m0/s1. The zero-order chi connectivity index (χ0) is 23.2. The SMILES string of the molecule is CCc1nccn1CC(=O)N1[C@H]2CCCC[C@H]3N(C(C)=O)[C@@H](Cc4ccccc4)[C@@H]1C[C@@]23C. The number of hydrogen-bond acceptors (Lipinski definition) is 3. The van der Waals surface area contributed by atoms with Gasteiger partial charge in [-0.2, -0.15) is 0 Å². The van der Waals surface area contributed by atoms with Gasteiger partial charge in [0.05, 0.1) is 12.1 Å². The summed E-state index contributed by atoms with van der Waals surface area (Å²) in [6.45, 7) is 6.47. The molecular formula is C27H36N4O2. The second-order valence-corrected chi connectivity index (χ2v) is 10.4. The van der Waals surface area contributed by atoms with E-state index in [0.29, 0.717) is 6.54 Å². The number of aryl methyl sites for hydroxylation is 1. The van der Waals surface area contributed by atoms with E-state index in [1.165, 1.54) is 5.56 Å². The Balaban J connectivity index is 1.55. The number of benzene rings is 1. The van der Waals surface area contributed by atoms with Crippen LogP contribution in [0.5, 0.6) is 0 Å². The first kappa shape index (κ1) is 22.2. The van der Waals surface area contributed by atoms with E-state index in [4.69, 9.17) is 0 Å². The van der Waals surface area contributed by atoms with Crippen molar-refractivity contribution in [1.29, 1.82) is 0 Å². The minimum absolute atomic E-state index is 0.0171. The van der Waals surface area contributed by atoms with Crippen LogP contribution in [0.1, 0.15) is 64.3 Å². The molecule has 2 aromatic rings. The van der Waals surface area contributed by atoms with Crippen LogP contribution in [-0.4, -0.2) is 55.3 Å². The van der Waals surface area contributed by atoms with Gasteiger partial charge in [0.1, 0.15) is 12.4 Å². The first-order valence-electron chi connectivity index (χ1n) is 12.6. The summed E-state index contributed by atoms with van der Waals surface area (Å²) in [6.07, 6.45) is 10.6. The highest BCUT2D eigenvalue weighted by atomic mass is 16.2. The Morgan fingerprint density at radius 3 is 2.45 bits per heavy atom. The normalized spacial score (nSPS) is 30.9. The van der Waals surface area contributed by atoms with Crippen LogP contribution in [0.15, 0.2) is 42.7 Å². The molecule has 1 aromatic carbocycles. The monoisotopic (exact) mass is 448 g/mol. The Labute approximate surface area is 197 Å². The number of hydrogen-bond donors (Lipinski definition) is 0. The van der Waals surface area contributed by atoms with Crippen molar-refractivity contribution in [3.8, 4) is 0 Å². The molecule has 2 amide bonds. The fourth-order valence-corrected chi connectivity index (χ4v) is 7.19. The molecule has 0 radical (unpaired) electrons. The van der Waals surface area contributed by atoms with E-state index in [0.717, 1.165) is 50.8 Å². The zero-order valence-corrected chi connectivity index (χ0v) is 20.1. The van der Waals surface area contributed by atoms with E-state index >= 15 is 0 Å². The van der Waals surface area contributed by atoms with Crippen LogP contribution in [0.4, 0.5) is 0 Å². The van der Waals surface area contributed by atoms with Crippen LogP contribution in [0, 0.1) is 5.41 Å². The van der Waals surface area contributed by atoms with Gasteiger partial charge in [0, 0.05) is 43.2 Å². The molecule has 0 spiro atoms. The van der Waals surface area contributed by atoms with Crippen LogP contribution in [0.25, 0.3) is 0 Å². The van der Waals surface area contributed by atoms with Gasteiger partial charge in [-0.15, -0.1) is 0 Å². The molecule has 1 aliphatic carbocycles. The summed E-state index contributed by atoms with van der Waals surface area (Å²) in [6, 6.07) is 10.9. The van der Waals surface area contributed by atoms with E-state index in [9.17, 15) is 9.59 Å².